The maximum atomic E-state index is 13.8. The Morgan fingerprint density at radius 1 is 0.966 bits per heavy atom. The van der Waals surface area contributed by atoms with E-state index in [9.17, 15) is 13.6 Å². The Balaban J connectivity index is 1.31. The summed E-state index contributed by atoms with van der Waals surface area (Å²) in [6.45, 7) is 2.46. The summed E-state index contributed by atoms with van der Waals surface area (Å²) in [4.78, 5) is 16.4. The summed E-state index contributed by atoms with van der Waals surface area (Å²) in [6.07, 6.45) is 0.687. The van der Waals surface area contributed by atoms with Crippen LogP contribution in [-0.2, 0) is 17.6 Å². The third kappa shape index (κ3) is 4.76. The Morgan fingerprint density at radius 2 is 1.69 bits per heavy atom. The molecular weight excluding hydrogens is 394 g/mol. The van der Waals surface area contributed by atoms with Gasteiger partial charge in [0.25, 0.3) is 0 Å². The van der Waals surface area contributed by atoms with Crippen LogP contribution in [0.25, 0.3) is 0 Å². The van der Waals surface area contributed by atoms with Crippen LogP contribution in [0, 0.1) is 11.6 Å². The lowest BCUT2D eigenvalue weighted by atomic mass is 10.1. The molecule has 2 heterocycles. The van der Waals surface area contributed by atoms with Gasteiger partial charge in [-0.05, 0) is 29.3 Å². The van der Waals surface area contributed by atoms with E-state index >= 15 is 0 Å². The van der Waals surface area contributed by atoms with Crippen LogP contribution in [0.3, 0.4) is 0 Å². The van der Waals surface area contributed by atoms with Crippen LogP contribution in [0.15, 0.2) is 48.5 Å². The highest BCUT2D eigenvalue weighted by Crippen LogP contribution is 2.24. The van der Waals surface area contributed by atoms with E-state index in [4.69, 9.17) is 0 Å². The van der Waals surface area contributed by atoms with Gasteiger partial charge in [-0.1, -0.05) is 41.7 Å². The van der Waals surface area contributed by atoms with Gasteiger partial charge in [-0.3, -0.25) is 4.79 Å². The van der Waals surface area contributed by atoms with Crippen LogP contribution in [-0.4, -0.2) is 47.2 Å². The summed E-state index contributed by atoms with van der Waals surface area (Å²) in [6, 6.07) is 12.8. The van der Waals surface area contributed by atoms with Gasteiger partial charge in [0, 0.05) is 32.6 Å². The number of halogens is 2. The first-order chi connectivity index (χ1) is 14.1. The number of piperazine rings is 1. The standard InChI is InChI=1S/C21H20F2N4OS/c22-17-7-5-15(6-8-17)13-19-24-25-21(29-19)27-11-9-26(10-12-27)20(28)14-16-3-1-2-4-18(16)23/h1-8H,9-14H2. The molecule has 1 fully saturated rings. The van der Waals surface area contributed by atoms with Gasteiger partial charge < -0.3 is 9.80 Å². The van der Waals surface area contributed by atoms with Crippen molar-refractivity contribution in [1.82, 2.24) is 15.1 Å². The highest BCUT2D eigenvalue weighted by atomic mass is 32.1. The van der Waals surface area contributed by atoms with Crippen molar-refractivity contribution in [3.05, 3.63) is 76.3 Å². The number of carbonyl (C=O) groups is 1. The van der Waals surface area contributed by atoms with Gasteiger partial charge in [0.05, 0.1) is 6.42 Å². The Kier molecular flexibility index (Phi) is 5.80. The SMILES string of the molecule is O=C(Cc1ccccc1F)N1CCN(c2nnc(Cc3ccc(F)cc3)s2)CC1. The number of anilines is 1. The van der Waals surface area contributed by atoms with Gasteiger partial charge in [-0.2, -0.15) is 0 Å². The molecule has 8 heteroatoms. The molecule has 1 aliphatic rings. The number of benzene rings is 2. The molecule has 0 atom stereocenters. The third-order valence-electron chi connectivity index (χ3n) is 4.93. The second-order valence-corrected chi connectivity index (χ2v) is 7.96. The third-order valence-corrected chi connectivity index (χ3v) is 5.91. The Morgan fingerprint density at radius 3 is 2.41 bits per heavy atom. The summed E-state index contributed by atoms with van der Waals surface area (Å²) >= 11 is 1.51. The van der Waals surface area contributed by atoms with E-state index in [0.29, 0.717) is 38.2 Å². The fourth-order valence-electron chi connectivity index (χ4n) is 3.28. The van der Waals surface area contributed by atoms with Crippen molar-refractivity contribution in [2.24, 2.45) is 0 Å². The zero-order valence-electron chi connectivity index (χ0n) is 15.7. The van der Waals surface area contributed by atoms with Gasteiger partial charge in [-0.15, -0.1) is 10.2 Å². The van der Waals surface area contributed by atoms with Crippen LogP contribution >= 0.6 is 11.3 Å². The topological polar surface area (TPSA) is 49.3 Å². The number of nitrogens with zero attached hydrogens (tertiary/aromatic N) is 4. The van der Waals surface area contributed by atoms with Gasteiger partial charge in [0.2, 0.25) is 11.0 Å². The summed E-state index contributed by atoms with van der Waals surface area (Å²) in [5.41, 5.74) is 1.41. The molecule has 0 bridgehead atoms. The first kappa shape index (κ1) is 19.4. The molecule has 0 unspecified atom stereocenters. The maximum absolute atomic E-state index is 13.8. The molecular formula is C21H20F2N4OS. The number of hydrogen-bond acceptors (Lipinski definition) is 5. The zero-order chi connectivity index (χ0) is 20.2. The average Bonchev–Trinajstić information content (AvgIpc) is 3.20. The molecule has 2 aromatic carbocycles. The molecule has 150 valence electrons. The zero-order valence-corrected chi connectivity index (χ0v) is 16.5. The molecule has 1 saturated heterocycles. The van der Waals surface area contributed by atoms with E-state index in [1.807, 2.05) is 0 Å². The molecule has 1 aromatic heterocycles. The molecule has 0 N–H and O–H groups in total. The van der Waals surface area contributed by atoms with Gasteiger partial charge in [-0.25, -0.2) is 8.78 Å². The van der Waals surface area contributed by atoms with E-state index in [1.165, 1.54) is 29.5 Å². The fourth-order valence-corrected chi connectivity index (χ4v) is 4.21. The van der Waals surface area contributed by atoms with Crippen molar-refractivity contribution < 1.29 is 13.6 Å². The van der Waals surface area contributed by atoms with Crippen LogP contribution in [0.2, 0.25) is 0 Å². The summed E-state index contributed by atoms with van der Waals surface area (Å²) in [7, 11) is 0. The summed E-state index contributed by atoms with van der Waals surface area (Å²) < 4.78 is 26.8. The molecule has 0 saturated carbocycles. The summed E-state index contributed by atoms with van der Waals surface area (Å²) in [5.74, 6) is -0.667. The van der Waals surface area contributed by atoms with Crippen LogP contribution in [0.5, 0.6) is 0 Å². The van der Waals surface area contributed by atoms with Crippen molar-refractivity contribution in [2.75, 3.05) is 31.1 Å². The van der Waals surface area contributed by atoms with Crippen molar-refractivity contribution >= 4 is 22.4 Å². The largest absolute Gasteiger partial charge is 0.343 e. The lowest BCUT2D eigenvalue weighted by Gasteiger charge is -2.34. The first-order valence-electron chi connectivity index (χ1n) is 9.41. The number of aromatic nitrogens is 2. The molecule has 3 aromatic rings. The molecule has 5 nitrogen and oxygen atoms in total. The molecule has 0 aliphatic carbocycles. The maximum Gasteiger partial charge on any atom is 0.227 e. The van der Waals surface area contributed by atoms with Crippen molar-refractivity contribution in [1.29, 1.82) is 0 Å². The van der Waals surface area contributed by atoms with E-state index in [-0.39, 0.29) is 24.0 Å². The highest BCUT2D eigenvalue weighted by Gasteiger charge is 2.24. The summed E-state index contributed by atoms with van der Waals surface area (Å²) in [5, 5.41) is 10.2. The quantitative estimate of drug-likeness (QED) is 0.643. The van der Waals surface area contributed by atoms with Crippen LogP contribution < -0.4 is 4.90 Å². The Labute approximate surface area is 171 Å². The minimum absolute atomic E-state index is 0.0657. The normalized spacial score (nSPS) is 14.3. The van der Waals surface area contributed by atoms with Gasteiger partial charge in [0.15, 0.2) is 0 Å². The molecule has 0 radical (unpaired) electrons. The highest BCUT2D eigenvalue weighted by molar-refractivity contribution is 7.15. The fraction of sp³-hybridized carbons (Fsp3) is 0.286. The predicted molar refractivity (Wildman–Crippen MR) is 108 cm³/mol. The van der Waals surface area contributed by atoms with Crippen LogP contribution in [0.4, 0.5) is 13.9 Å². The second kappa shape index (κ2) is 8.65. The molecule has 1 aliphatic heterocycles. The van der Waals surface area contributed by atoms with Crippen molar-refractivity contribution in [2.45, 2.75) is 12.8 Å². The van der Waals surface area contributed by atoms with Crippen LogP contribution in [0.1, 0.15) is 16.1 Å². The number of rotatable bonds is 5. The predicted octanol–water partition coefficient (Wildman–Crippen LogP) is 3.30. The average molecular weight is 414 g/mol. The lowest BCUT2D eigenvalue weighted by Crippen LogP contribution is -2.49. The van der Waals surface area contributed by atoms with Gasteiger partial charge in [0.1, 0.15) is 16.6 Å². The van der Waals surface area contributed by atoms with Crippen molar-refractivity contribution in [3.63, 3.8) is 0 Å². The lowest BCUT2D eigenvalue weighted by molar-refractivity contribution is -0.130. The van der Waals surface area contributed by atoms with Gasteiger partial charge >= 0.3 is 0 Å². The molecule has 1 amide bonds. The van der Waals surface area contributed by atoms with E-state index in [2.05, 4.69) is 15.1 Å². The Hall–Kier alpha value is -2.87. The minimum Gasteiger partial charge on any atom is -0.343 e. The van der Waals surface area contributed by atoms with E-state index in [1.54, 1.807) is 35.2 Å². The van der Waals surface area contributed by atoms with E-state index in [0.717, 1.165) is 15.7 Å². The number of amides is 1. The number of carbonyl (C=O) groups excluding carboxylic acids is 1. The molecule has 4 rings (SSSR count). The number of hydrogen-bond donors (Lipinski definition) is 0. The first-order valence-corrected chi connectivity index (χ1v) is 10.2. The minimum atomic E-state index is -0.345. The molecule has 29 heavy (non-hydrogen) atoms. The smallest absolute Gasteiger partial charge is 0.227 e. The molecule has 0 spiro atoms. The monoisotopic (exact) mass is 414 g/mol. The second-order valence-electron chi connectivity index (χ2n) is 6.92. The van der Waals surface area contributed by atoms with E-state index < -0.39 is 0 Å². The van der Waals surface area contributed by atoms with Crippen molar-refractivity contribution in [3.8, 4) is 0 Å². The Bertz CT molecular complexity index is 984.